The molecule has 9 nitrogen and oxygen atoms in total. The van der Waals surface area contributed by atoms with Crippen LogP contribution in [-0.4, -0.2) is 90.7 Å². The molecule has 0 radical (unpaired) electrons. The van der Waals surface area contributed by atoms with E-state index < -0.39 is 0 Å². The maximum absolute atomic E-state index is 14.7. The number of ether oxygens (including phenoxy) is 1. The molecule has 0 N–H and O–H groups in total. The average molecular weight is 584 g/mol. The third-order valence-electron chi connectivity index (χ3n) is 9.05. The van der Waals surface area contributed by atoms with Gasteiger partial charge in [-0.1, -0.05) is 30.8 Å². The van der Waals surface area contributed by atoms with Crippen molar-refractivity contribution >= 4 is 28.2 Å². The number of likely N-dealkylation sites (N-methyl/N-ethyl adjacent to an activating group) is 1. The largest absolute Gasteiger partial charge is 0.462 e. The zero-order valence-electron chi connectivity index (χ0n) is 24.7. The maximum Gasteiger partial charge on any atom is 0.318 e. The summed E-state index contributed by atoms with van der Waals surface area (Å²) in [5.74, 6) is 0.447. The van der Waals surface area contributed by atoms with Crippen molar-refractivity contribution in [2.24, 2.45) is 0 Å². The van der Waals surface area contributed by atoms with Crippen LogP contribution in [0.1, 0.15) is 30.5 Å². The second-order valence-electron chi connectivity index (χ2n) is 11.7. The van der Waals surface area contributed by atoms with Crippen molar-refractivity contribution in [3.63, 3.8) is 0 Å². The summed E-state index contributed by atoms with van der Waals surface area (Å²) in [6, 6.07) is 11.4. The lowest BCUT2D eigenvalue weighted by atomic mass is 10.1. The molecule has 2 saturated heterocycles. The van der Waals surface area contributed by atoms with Gasteiger partial charge in [-0.2, -0.15) is 9.97 Å². The molecular weight excluding hydrogens is 545 g/mol. The summed E-state index contributed by atoms with van der Waals surface area (Å²) in [5, 5.41) is 1.49. The highest BCUT2D eigenvalue weighted by atomic mass is 19.1. The van der Waals surface area contributed by atoms with Gasteiger partial charge in [-0.05, 0) is 57.5 Å². The normalized spacial score (nSPS) is 20.9. The molecule has 2 fully saturated rings. The first kappa shape index (κ1) is 28.9. The van der Waals surface area contributed by atoms with Gasteiger partial charge in [0.25, 0.3) is 0 Å². The SMILES string of the molecule is [C-]#[N+]C[C@H]1CN(c2nc(OC[C@@H]3CCCN3C)nc3c2CCCN(c2cccc4c(F)cccc24)C3)CCN1C(=O)C=C. The lowest BCUT2D eigenvalue weighted by molar-refractivity contribution is -0.128. The molecule has 0 aliphatic carbocycles. The van der Waals surface area contributed by atoms with Crippen LogP contribution in [0.15, 0.2) is 49.1 Å². The molecule has 0 unspecified atom stereocenters. The van der Waals surface area contributed by atoms with Gasteiger partial charge in [-0.15, -0.1) is 0 Å². The van der Waals surface area contributed by atoms with Crippen LogP contribution in [0.2, 0.25) is 0 Å². The topological polar surface area (TPSA) is 69.4 Å². The van der Waals surface area contributed by atoms with Gasteiger partial charge in [-0.3, -0.25) is 4.79 Å². The van der Waals surface area contributed by atoms with E-state index in [0.717, 1.165) is 66.9 Å². The molecule has 224 valence electrons. The number of piperazine rings is 1. The van der Waals surface area contributed by atoms with Gasteiger partial charge >= 0.3 is 6.01 Å². The summed E-state index contributed by atoms with van der Waals surface area (Å²) in [7, 11) is 2.12. The number of hydrogen-bond acceptors (Lipinski definition) is 7. The van der Waals surface area contributed by atoms with Crippen molar-refractivity contribution in [1.29, 1.82) is 0 Å². The Morgan fingerprint density at radius 1 is 1.09 bits per heavy atom. The van der Waals surface area contributed by atoms with Crippen molar-refractivity contribution in [2.75, 3.05) is 62.7 Å². The number of fused-ring (bicyclic) bond motifs is 2. The Balaban J connectivity index is 1.36. The Kier molecular flexibility index (Phi) is 8.43. The van der Waals surface area contributed by atoms with Gasteiger partial charge in [0.15, 0.2) is 0 Å². The number of rotatable bonds is 7. The number of carbonyl (C=O) groups excluding carboxylic acids is 1. The van der Waals surface area contributed by atoms with E-state index >= 15 is 0 Å². The molecule has 2 atom stereocenters. The van der Waals surface area contributed by atoms with Gasteiger partial charge in [0.2, 0.25) is 12.5 Å². The second-order valence-corrected chi connectivity index (χ2v) is 11.7. The van der Waals surface area contributed by atoms with Crippen LogP contribution >= 0.6 is 0 Å². The van der Waals surface area contributed by atoms with Crippen LogP contribution in [0.5, 0.6) is 6.01 Å². The standard InChI is InChI=1S/C33H38FN7O2/c1-4-31(42)41-18-17-40(20-24(41)19-35-2)32-27-12-8-16-39(30-14-6-10-25-26(30)11-5-13-28(25)34)21-29(27)36-33(37-32)43-22-23-9-7-15-38(23)3/h4-6,10-11,13-14,23-24H,1,7-9,12,15-22H2,3H3/t23-,24-/m0/s1. The third-order valence-corrected chi connectivity index (χ3v) is 9.05. The van der Waals surface area contributed by atoms with Crippen molar-refractivity contribution in [3.05, 3.63) is 77.5 Å². The zero-order chi connectivity index (χ0) is 29.9. The van der Waals surface area contributed by atoms with Crippen molar-refractivity contribution in [3.8, 4) is 6.01 Å². The molecule has 0 spiro atoms. The maximum atomic E-state index is 14.7. The Morgan fingerprint density at radius 2 is 1.93 bits per heavy atom. The van der Waals surface area contributed by atoms with Crippen molar-refractivity contribution in [2.45, 2.75) is 44.3 Å². The van der Waals surface area contributed by atoms with Gasteiger partial charge in [0.05, 0.1) is 12.2 Å². The van der Waals surface area contributed by atoms with Crippen LogP contribution < -0.4 is 14.5 Å². The predicted molar refractivity (Wildman–Crippen MR) is 166 cm³/mol. The number of hydrogen-bond donors (Lipinski definition) is 0. The van der Waals surface area contributed by atoms with E-state index in [1.54, 1.807) is 11.0 Å². The lowest BCUT2D eigenvalue weighted by Gasteiger charge is -2.40. The number of aromatic nitrogens is 2. The number of amides is 1. The monoisotopic (exact) mass is 583 g/mol. The van der Waals surface area contributed by atoms with Crippen LogP contribution in [0.25, 0.3) is 15.6 Å². The molecule has 4 heterocycles. The van der Waals surface area contributed by atoms with Crippen LogP contribution in [0.3, 0.4) is 0 Å². The zero-order valence-corrected chi connectivity index (χ0v) is 24.7. The Hall–Kier alpha value is -4.23. The fourth-order valence-corrected chi connectivity index (χ4v) is 6.73. The van der Waals surface area contributed by atoms with E-state index in [-0.39, 0.29) is 24.3 Å². The number of carbonyl (C=O) groups is 1. The number of anilines is 2. The molecular formula is C33H38FN7O2. The number of benzene rings is 2. The van der Waals surface area contributed by atoms with Gasteiger partial charge < -0.3 is 29.2 Å². The number of likely N-dealkylation sites (tertiary alicyclic amines) is 1. The quantitative estimate of drug-likeness (QED) is 0.303. The molecule has 3 aliphatic rings. The van der Waals surface area contributed by atoms with E-state index in [2.05, 4.69) is 33.2 Å². The molecule has 3 aromatic rings. The summed E-state index contributed by atoms with van der Waals surface area (Å²) in [5.41, 5.74) is 2.95. The lowest BCUT2D eigenvalue weighted by Crippen LogP contribution is -2.56. The summed E-state index contributed by atoms with van der Waals surface area (Å²) in [4.78, 5) is 34.7. The Labute approximate surface area is 252 Å². The number of halogens is 1. The molecule has 10 heteroatoms. The van der Waals surface area contributed by atoms with Crippen LogP contribution in [0, 0.1) is 12.4 Å². The van der Waals surface area contributed by atoms with E-state index in [4.69, 9.17) is 21.3 Å². The molecule has 0 bridgehead atoms. The van der Waals surface area contributed by atoms with Crippen LogP contribution in [0.4, 0.5) is 15.9 Å². The highest BCUT2D eigenvalue weighted by Gasteiger charge is 2.34. The highest BCUT2D eigenvalue weighted by molar-refractivity contribution is 5.94. The summed E-state index contributed by atoms with van der Waals surface area (Å²) in [6.07, 6.45) is 5.21. The summed E-state index contributed by atoms with van der Waals surface area (Å²) < 4.78 is 21.0. The first-order valence-electron chi connectivity index (χ1n) is 15.1. The highest BCUT2D eigenvalue weighted by Crippen LogP contribution is 2.35. The van der Waals surface area contributed by atoms with E-state index in [1.165, 1.54) is 12.1 Å². The fraction of sp³-hybridized carbons (Fsp3) is 0.455. The first-order chi connectivity index (χ1) is 21.0. The predicted octanol–water partition coefficient (Wildman–Crippen LogP) is 4.32. The second kappa shape index (κ2) is 12.6. The molecule has 3 aliphatic heterocycles. The van der Waals surface area contributed by atoms with Crippen LogP contribution in [-0.2, 0) is 17.8 Å². The average Bonchev–Trinajstić information content (AvgIpc) is 3.31. The van der Waals surface area contributed by atoms with Gasteiger partial charge in [0, 0.05) is 54.2 Å². The summed E-state index contributed by atoms with van der Waals surface area (Å²) in [6.45, 7) is 15.9. The Bertz CT molecular complexity index is 1560. The molecule has 1 aromatic heterocycles. The number of nitrogens with zero attached hydrogens (tertiary/aromatic N) is 7. The minimum absolute atomic E-state index is 0.151. The van der Waals surface area contributed by atoms with E-state index in [9.17, 15) is 9.18 Å². The molecule has 1 amide bonds. The summed E-state index contributed by atoms with van der Waals surface area (Å²) >= 11 is 0. The molecule has 2 aromatic carbocycles. The first-order valence-corrected chi connectivity index (χ1v) is 15.1. The van der Waals surface area contributed by atoms with Gasteiger partial charge in [-0.25, -0.2) is 11.0 Å². The van der Waals surface area contributed by atoms with E-state index in [1.807, 2.05) is 24.3 Å². The molecule has 0 saturated carbocycles. The smallest absolute Gasteiger partial charge is 0.318 e. The Morgan fingerprint density at radius 3 is 2.72 bits per heavy atom. The van der Waals surface area contributed by atoms with Crippen molar-refractivity contribution in [1.82, 2.24) is 19.8 Å². The van der Waals surface area contributed by atoms with Gasteiger partial charge in [0.1, 0.15) is 24.3 Å². The third kappa shape index (κ3) is 5.87. The minimum atomic E-state index is -0.258. The molecule has 43 heavy (non-hydrogen) atoms. The van der Waals surface area contributed by atoms with Crippen molar-refractivity contribution < 1.29 is 13.9 Å². The van der Waals surface area contributed by atoms with E-state index in [0.29, 0.717) is 50.2 Å². The fourth-order valence-electron chi connectivity index (χ4n) is 6.73. The molecule has 6 rings (SSSR count). The minimum Gasteiger partial charge on any atom is -0.462 e.